The van der Waals surface area contributed by atoms with Gasteiger partial charge in [0.2, 0.25) is 5.91 Å². The fraction of sp³-hybridized carbons (Fsp3) is 0.143. The van der Waals surface area contributed by atoms with Crippen LogP contribution in [0, 0.1) is 6.92 Å². The molecule has 2 rings (SSSR count). The van der Waals surface area contributed by atoms with Gasteiger partial charge in [0.1, 0.15) is 11.5 Å². The van der Waals surface area contributed by atoms with Gasteiger partial charge in [0.15, 0.2) is 0 Å². The second-order valence-corrected chi connectivity index (χ2v) is 4.69. The van der Waals surface area contributed by atoms with Crippen molar-refractivity contribution in [3.8, 4) is 0 Å². The van der Waals surface area contributed by atoms with Crippen LogP contribution in [0.2, 0.25) is 0 Å². The number of rotatable bonds is 4. The van der Waals surface area contributed by atoms with Crippen molar-refractivity contribution < 1.29 is 4.79 Å². The van der Waals surface area contributed by atoms with Crippen molar-refractivity contribution in [2.24, 2.45) is 5.73 Å². The molecule has 0 aliphatic carbocycles. The lowest BCUT2D eigenvalue weighted by Gasteiger charge is -2.10. The van der Waals surface area contributed by atoms with Crippen LogP contribution < -0.4 is 11.1 Å². The van der Waals surface area contributed by atoms with E-state index in [2.05, 4.69) is 5.32 Å². The summed E-state index contributed by atoms with van der Waals surface area (Å²) < 4.78 is 1.73. The van der Waals surface area contributed by atoms with Crippen LogP contribution in [-0.4, -0.2) is 15.5 Å². The van der Waals surface area contributed by atoms with Gasteiger partial charge in [-0.05, 0) is 30.7 Å². The van der Waals surface area contributed by atoms with Crippen molar-refractivity contribution in [2.75, 3.05) is 5.32 Å². The molecular weight excluding hydrogens is 258 g/mol. The van der Waals surface area contributed by atoms with E-state index in [4.69, 9.17) is 18.0 Å². The Bertz CT molecular complexity index is 619. The maximum Gasteiger partial charge on any atom is 0.244 e. The third-order valence-corrected chi connectivity index (χ3v) is 3.02. The molecule has 0 aliphatic rings. The molecule has 1 heterocycles. The van der Waals surface area contributed by atoms with Crippen LogP contribution in [0.1, 0.15) is 11.3 Å². The number of carbonyl (C=O) groups is 1. The number of aromatic nitrogens is 1. The zero-order chi connectivity index (χ0) is 13.8. The average Bonchev–Trinajstić information content (AvgIpc) is 2.80. The van der Waals surface area contributed by atoms with Gasteiger partial charge in [-0.25, -0.2) is 0 Å². The van der Waals surface area contributed by atoms with E-state index in [1.165, 1.54) is 0 Å². The first kappa shape index (κ1) is 13.3. The molecule has 0 aliphatic heterocycles. The molecule has 0 atom stereocenters. The summed E-state index contributed by atoms with van der Waals surface area (Å²) in [6, 6.07) is 11.3. The molecule has 0 radical (unpaired) electrons. The van der Waals surface area contributed by atoms with Gasteiger partial charge in [-0.2, -0.15) is 0 Å². The number of amides is 1. The van der Waals surface area contributed by atoms with Crippen LogP contribution in [-0.2, 0) is 11.3 Å². The molecule has 0 bridgehead atoms. The fourth-order valence-corrected chi connectivity index (χ4v) is 2.02. The lowest BCUT2D eigenvalue weighted by atomic mass is 10.2. The second kappa shape index (κ2) is 5.67. The molecule has 4 nitrogen and oxygen atoms in total. The van der Waals surface area contributed by atoms with Gasteiger partial charge in [-0.15, -0.1) is 0 Å². The highest BCUT2D eigenvalue weighted by Gasteiger charge is 2.09. The summed E-state index contributed by atoms with van der Waals surface area (Å²) in [6.07, 6.45) is 1.78. The van der Waals surface area contributed by atoms with Crippen LogP contribution >= 0.6 is 12.2 Å². The molecule has 3 N–H and O–H groups in total. The SMILES string of the molecule is Cc1ccccc1NC(=O)Cn1cccc1C(N)=S. The second-order valence-electron chi connectivity index (χ2n) is 4.25. The van der Waals surface area contributed by atoms with Crippen LogP contribution in [0.3, 0.4) is 0 Å². The first-order valence-electron chi connectivity index (χ1n) is 5.88. The highest BCUT2D eigenvalue weighted by Crippen LogP contribution is 2.13. The van der Waals surface area contributed by atoms with Gasteiger partial charge in [0.25, 0.3) is 0 Å². The number of anilines is 1. The minimum Gasteiger partial charge on any atom is -0.388 e. The number of thiocarbonyl (C=S) groups is 1. The van der Waals surface area contributed by atoms with Crippen molar-refractivity contribution in [1.29, 1.82) is 0 Å². The summed E-state index contributed by atoms with van der Waals surface area (Å²) in [5.41, 5.74) is 8.12. The van der Waals surface area contributed by atoms with Crippen LogP contribution in [0.4, 0.5) is 5.69 Å². The zero-order valence-electron chi connectivity index (χ0n) is 10.6. The lowest BCUT2D eigenvalue weighted by molar-refractivity contribution is -0.116. The Morgan fingerprint density at radius 2 is 2.05 bits per heavy atom. The molecule has 1 aromatic carbocycles. The minimum atomic E-state index is -0.108. The molecule has 19 heavy (non-hydrogen) atoms. The van der Waals surface area contributed by atoms with Gasteiger partial charge in [0, 0.05) is 11.9 Å². The normalized spacial score (nSPS) is 10.2. The topological polar surface area (TPSA) is 60.0 Å². The summed E-state index contributed by atoms with van der Waals surface area (Å²) in [5, 5.41) is 2.87. The Hall–Kier alpha value is -2.14. The van der Waals surface area contributed by atoms with E-state index in [0.29, 0.717) is 5.69 Å². The number of benzene rings is 1. The van der Waals surface area contributed by atoms with E-state index in [9.17, 15) is 4.79 Å². The van der Waals surface area contributed by atoms with Gasteiger partial charge in [-0.3, -0.25) is 4.79 Å². The zero-order valence-corrected chi connectivity index (χ0v) is 11.4. The third-order valence-electron chi connectivity index (χ3n) is 2.82. The van der Waals surface area contributed by atoms with Crippen molar-refractivity contribution in [2.45, 2.75) is 13.5 Å². The van der Waals surface area contributed by atoms with Gasteiger partial charge >= 0.3 is 0 Å². The summed E-state index contributed by atoms with van der Waals surface area (Å²) in [5.74, 6) is -0.108. The van der Waals surface area contributed by atoms with E-state index in [1.54, 1.807) is 16.8 Å². The standard InChI is InChI=1S/C14H15N3OS/c1-10-5-2-3-6-11(10)16-13(18)9-17-8-4-7-12(17)14(15)19/h2-8H,9H2,1H3,(H2,15,19)(H,16,18). The van der Waals surface area contributed by atoms with E-state index in [-0.39, 0.29) is 17.4 Å². The summed E-state index contributed by atoms with van der Waals surface area (Å²) in [4.78, 5) is 12.3. The number of hydrogen-bond acceptors (Lipinski definition) is 2. The molecule has 5 heteroatoms. The molecule has 2 aromatic rings. The number of hydrogen-bond donors (Lipinski definition) is 2. The minimum absolute atomic E-state index is 0.108. The summed E-state index contributed by atoms with van der Waals surface area (Å²) >= 11 is 4.93. The van der Waals surface area contributed by atoms with Crippen LogP contribution in [0.15, 0.2) is 42.6 Å². The fourth-order valence-electron chi connectivity index (χ4n) is 1.83. The average molecular weight is 273 g/mol. The molecule has 0 saturated carbocycles. The lowest BCUT2D eigenvalue weighted by Crippen LogP contribution is -2.23. The maximum absolute atomic E-state index is 12.0. The van der Waals surface area contributed by atoms with E-state index in [0.717, 1.165) is 11.3 Å². The molecule has 98 valence electrons. The molecule has 0 spiro atoms. The number of nitrogens with two attached hydrogens (primary N) is 1. The monoisotopic (exact) mass is 273 g/mol. The van der Waals surface area contributed by atoms with Crippen LogP contribution in [0.5, 0.6) is 0 Å². The molecule has 1 aromatic heterocycles. The summed E-state index contributed by atoms with van der Waals surface area (Å²) in [6.45, 7) is 2.14. The van der Waals surface area contributed by atoms with Crippen molar-refractivity contribution in [3.05, 3.63) is 53.9 Å². The highest BCUT2D eigenvalue weighted by atomic mass is 32.1. The Morgan fingerprint density at radius 3 is 2.74 bits per heavy atom. The first-order valence-corrected chi connectivity index (χ1v) is 6.29. The van der Waals surface area contributed by atoms with Gasteiger partial charge < -0.3 is 15.6 Å². The van der Waals surface area contributed by atoms with Crippen LogP contribution in [0.25, 0.3) is 0 Å². The number of nitrogens with one attached hydrogen (secondary N) is 1. The third kappa shape index (κ3) is 3.20. The van der Waals surface area contributed by atoms with Crippen molar-refractivity contribution in [1.82, 2.24) is 4.57 Å². The Kier molecular flexibility index (Phi) is 3.97. The smallest absolute Gasteiger partial charge is 0.244 e. The first-order chi connectivity index (χ1) is 9.08. The van der Waals surface area contributed by atoms with Gasteiger partial charge in [0.05, 0.1) is 5.69 Å². The predicted molar refractivity (Wildman–Crippen MR) is 80.1 cm³/mol. The van der Waals surface area contributed by atoms with Crippen molar-refractivity contribution in [3.63, 3.8) is 0 Å². The van der Waals surface area contributed by atoms with E-state index < -0.39 is 0 Å². The molecule has 1 amide bonds. The maximum atomic E-state index is 12.0. The molecule has 0 saturated heterocycles. The predicted octanol–water partition coefficient (Wildman–Crippen LogP) is 2.07. The van der Waals surface area contributed by atoms with E-state index >= 15 is 0 Å². The van der Waals surface area contributed by atoms with Gasteiger partial charge in [-0.1, -0.05) is 30.4 Å². The molecular formula is C14H15N3OS. The van der Waals surface area contributed by atoms with E-state index in [1.807, 2.05) is 37.3 Å². The number of para-hydroxylation sites is 1. The molecule has 0 fully saturated rings. The number of aryl methyl sites for hydroxylation is 1. The Morgan fingerprint density at radius 1 is 1.32 bits per heavy atom. The molecule has 0 unspecified atom stereocenters. The number of nitrogens with zero attached hydrogens (tertiary/aromatic N) is 1. The highest BCUT2D eigenvalue weighted by molar-refractivity contribution is 7.80. The quantitative estimate of drug-likeness (QED) is 0.838. The van der Waals surface area contributed by atoms with Crippen molar-refractivity contribution >= 4 is 28.8 Å². The largest absolute Gasteiger partial charge is 0.388 e. The Labute approximate surface area is 117 Å². The Balaban J connectivity index is 2.08. The number of carbonyl (C=O) groups excluding carboxylic acids is 1. The summed E-state index contributed by atoms with van der Waals surface area (Å²) in [7, 11) is 0.